The van der Waals surface area contributed by atoms with Crippen LogP contribution in [0.2, 0.25) is 0 Å². The number of aliphatic hydroxyl groups is 1. The zero-order valence-electron chi connectivity index (χ0n) is 33.6. The van der Waals surface area contributed by atoms with E-state index in [-0.39, 0.29) is 25.7 Å². The number of aromatic amines is 1. The number of fused-ring (bicyclic) bond motifs is 1. The summed E-state index contributed by atoms with van der Waals surface area (Å²) in [6.45, 7) is 3.09. The van der Waals surface area contributed by atoms with Gasteiger partial charge >= 0.3 is 5.97 Å². The molecule has 0 fully saturated rings. The number of nitrogens with one attached hydrogen (secondary N) is 5. The van der Waals surface area contributed by atoms with E-state index < -0.39 is 77.9 Å². The topological polar surface area (TPSA) is 262 Å². The van der Waals surface area contributed by atoms with Gasteiger partial charge in [-0.05, 0) is 62.4 Å². The Kier molecular flexibility index (Phi) is 17.1. The number of aliphatic hydroxyl groups excluding tert-OH is 1. The smallest absolute Gasteiger partial charge is 0.326 e. The van der Waals surface area contributed by atoms with Gasteiger partial charge in [0.05, 0.1) is 12.1 Å². The highest BCUT2D eigenvalue weighted by Gasteiger charge is 2.36. The molecule has 4 aromatic rings. The van der Waals surface area contributed by atoms with Gasteiger partial charge in [0.25, 0.3) is 0 Å². The van der Waals surface area contributed by atoms with E-state index in [1.165, 1.54) is 25.8 Å². The Bertz CT molecular complexity index is 2020. The number of carbonyl (C=O) groups is 6. The van der Waals surface area contributed by atoms with Crippen molar-refractivity contribution in [1.82, 2.24) is 31.2 Å². The summed E-state index contributed by atoms with van der Waals surface area (Å²) in [5, 5.41) is 32.2. The average molecular weight is 813 g/mol. The van der Waals surface area contributed by atoms with Crippen molar-refractivity contribution in [3.8, 4) is 0 Å². The maximum absolute atomic E-state index is 14.2. The van der Waals surface area contributed by atoms with Gasteiger partial charge in [0.1, 0.15) is 30.2 Å². The van der Waals surface area contributed by atoms with E-state index in [9.17, 15) is 39.0 Å². The van der Waals surface area contributed by atoms with E-state index in [0.29, 0.717) is 30.5 Å². The largest absolute Gasteiger partial charge is 0.480 e. The van der Waals surface area contributed by atoms with Crippen LogP contribution in [0.5, 0.6) is 0 Å². The lowest BCUT2D eigenvalue weighted by Gasteiger charge is -2.31. The van der Waals surface area contributed by atoms with Crippen molar-refractivity contribution in [2.75, 3.05) is 13.6 Å². The van der Waals surface area contributed by atoms with Gasteiger partial charge < -0.3 is 52.8 Å². The summed E-state index contributed by atoms with van der Waals surface area (Å²) in [6.07, 6.45) is 1.25. The van der Waals surface area contributed by atoms with Crippen LogP contribution in [-0.4, -0.2) is 112 Å². The molecule has 1 aromatic heterocycles. The normalized spacial score (nSPS) is 14.7. The maximum Gasteiger partial charge on any atom is 0.326 e. The number of para-hydroxylation sites is 1. The van der Waals surface area contributed by atoms with Crippen molar-refractivity contribution in [2.24, 2.45) is 11.5 Å². The molecule has 1 heterocycles. The van der Waals surface area contributed by atoms with E-state index >= 15 is 0 Å². The average Bonchev–Trinajstić information content (AvgIpc) is 3.63. The molecule has 0 aliphatic rings. The second kappa shape index (κ2) is 22.2. The predicted molar refractivity (Wildman–Crippen MR) is 222 cm³/mol. The summed E-state index contributed by atoms with van der Waals surface area (Å²) < 4.78 is 0. The molecule has 0 aliphatic carbocycles. The molecule has 0 unspecified atom stereocenters. The van der Waals surface area contributed by atoms with Crippen LogP contribution < -0.4 is 32.7 Å². The molecule has 16 heteroatoms. The van der Waals surface area contributed by atoms with Crippen molar-refractivity contribution in [2.45, 2.75) is 94.7 Å². The van der Waals surface area contributed by atoms with Gasteiger partial charge in [0.2, 0.25) is 29.5 Å². The number of amides is 5. The van der Waals surface area contributed by atoms with Gasteiger partial charge in [-0.2, -0.15) is 0 Å². The number of benzene rings is 3. The maximum atomic E-state index is 14.2. The van der Waals surface area contributed by atoms with Crippen molar-refractivity contribution >= 4 is 46.4 Å². The zero-order chi connectivity index (χ0) is 43.1. The molecule has 0 radical (unpaired) electrons. The highest BCUT2D eigenvalue weighted by molar-refractivity contribution is 5.97. The monoisotopic (exact) mass is 812 g/mol. The van der Waals surface area contributed by atoms with Crippen molar-refractivity contribution in [3.63, 3.8) is 0 Å². The number of hydrogen-bond acceptors (Lipinski definition) is 9. The lowest BCUT2D eigenvalue weighted by atomic mass is 10.0. The molecule has 11 N–H and O–H groups in total. The third-order valence-corrected chi connectivity index (χ3v) is 10.1. The number of carbonyl (C=O) groups excluding carboxylic acids is 5. The van der Waals surface area contributed by atoms with Crippen LogP contribution in [0.3, 0.4) is 0 Å². The minimum atomic E-state index is -1.57. The second-order valence-electron chi connectivity index (χ2n) is 14.7. The quantitative estimate of drug-likeness (QED) is 0.0507. The third kappa shape index (κ3) is 13.2. The number of rotatable bonds is 22. The number of carboxylic acids is 1. The lowest BCUT2D eigenvalue weighted by Crippen LogP contribution is -2.61. The van der Waals surface area contributed by atoms with Crippen LogP contribution in [0.25, 0.3) is 10.9 Å². The molecule has 316 valence electrons. The van der Waals surface area contributed by atoms with Crippen molar-refractivity contribution < 1.29 is 39.0 Å². The number of aromatic nitrogens is 1. The van der Waals surface area contributed by atoms with E-state index in [4.69, 9.17) is 11.5 Å². The summed E-state index contributed by atoms with van der Waals surface area (Å²) in [5.74, 6) is -4.94. The summed E-state index contributed by atoms with van der Waals surface area (Å²) in [4.78, 5) is 85.6. The Hall–Kier alpha value is -6.10. The predicted octanol–water partition coefficient (Wildman–Crippen LogP) is 0.904. The highest BCUT2D eigenvalue weighted by Crippen LogP contribution is 2.20. The fourth-order valence-corrected chi connectivity index (χ4v) is 6.72. The SMILES string of the molecule is C[C@@H](N)C(=O)N(C)[C@H](Cc1ccccc1)C(=O)N[C@@H](C(=O)N[C@H](CCCCN)C(=O)N[C@@H](Cc1c[nH]c2ccccc12)C(=O)N[C@H](Cc1ccccc1)C(=O)O)[C@@H](C)O. The van der Waals surface area contributed by atoms with Gasteiger partial charge in [-0.15, -0.1) is 0 Å². The molecule has 0 spiro atoms. The molecule has 0 bridgehead atoms. The molecule has 0 saturated carbocycles. The van der Waals surface area contributed by atoms with Gasteiger partial charge in [-0.25, -0.2) is 4.79 Å². The number of nitrogens with two attached hydrogens (primary N) is 2. The number of H-pyrrole nitrogens is 1. The number of likely N-dealkylation sites (N-methyl/N-ethyl adjacent to an activating group) is 1. The number of aliphatic carboxylic acids is 1. The minimum Gasteiger partial charge on any atom is -0.480 e. The first-order chi connectivity index (χ1) is 28.2. The van der Waals surface area contributed by atoms with Gasteiger partial charge in [-0.3, -0.25) is 24.0 Å². The fourth-order valence-electron chi connectivity index (χ4n) is 6.72. The highest BCUT2D eigenvalue weighted by atomic mass is 16.4. The van der Waals surface area contributed by atoms with Crippen LogP contribution in [0.4, 0.5) is 0 Å². The van der Waals surface area contributed by atoms with Crippen molar-refractivity contribution in [1.29, 1.82) is 0 Å². The number of nitrogens with zero attached hydrogens (tertiary/aromatic N) is 1. The van der Waals surface area contributed by atoms with Crippen LogP contribution in [0.1, 0.15) is 49.8 Å². The van der Waals surface area contributed by atoms with E-state index in [1.807, 2.05) is 24.3 Å². The Balaban J connectivity index is 1.59. The van der Waals surface area contributed by atoms with Crippen LogP contribution >= 0.6 is 0 Å². The summed E-state index contributed by atoms with van der Waals surface area (Å²) in [7, 11) is 1.43. The Morgan fingerprint density at radius 2 is 1.25 bits per heavy atom. The fraction of sp³-hybridized carbons (Fsp3) is 0.395. The molecule has 16 nitrogen and oxygen atoms in total. The summed E-state index contributed by atoms with van der Waals surface area (Å²) in [6, 6.07) is 17.6. The first-order valence-corrected chi connectivity index (χ1v) is 19.7. The molecule has 0 aliphatic heterocycles. The van der Waals surface area contributed by atoms with Crippen LogP contribution in [0, 0.1) is 0 Å². The molecule has 0 saturated heterocycles. The Morgan fingerprint density at radius 1 is 0.695 bits per heavy atom. The van der Waals surface area contributed by atoms with Gasteiger partial charge in [-0.1, -0.05) is 78.9 Å². The Morgan fingerprint density at radius 3 is 1.85 bits per heavy atom. The van der Waals surface area contributed by atoms with Gasteiger partial charge in [0.15, 0.2) is 0 Å². The van der Waals surface area contributed by atoms with E-state index in [1.54, 1.807) is 66.9 Å². The number of carboxylic acid groups (broad SMARTS) is 1. The second-order valence-corrected chi connectivity index (χ2v) is 14.7. The lowest BCUT2D eigenvalue weighted by molar-refractivity contribution is -0.142. The van der Waals surface area contributed by atoms with Crippen LogP contribution in [-0.2, 0) is 48.0 Å². The van der Waals surface area contributed by atoms with Crippen molar-refractivity contribution in [3.05, 3.63) is 108 Å². The summed E-state index contributed by atoms with van der Waals surface area (Å²) >= 11 is 0. The summed E-state index contributed by atoms with van der Waals surface area (Å²) in [5.41, 5.74) is 14.5. The third-order valence-electron chi connectivity index (χ3n) is 10.1. The minimum absolute atomic E-state index is 0.0126. The first-order valence-electron chi connectivity index (χ1n) is 19.7. The van der Waals surface area contributed by atoms with E-state index in [0.717, 1.165) is 16.5 Å². The first kappa shape index (κ1) is 45.6. The standard InChI is InChI=1S/C43H56N8O8/c1-26(45)42(57)51(3)36(23-29-16-8-5-9-17-29)40(55)50-37(27(2)52)41(56)47-33(20-12-13-21-44)38(53)48-34(24-30-25-46-32-19-11-10-18-31(30)32)39(54)49-35(43(58)59)22-28-14-6-4-7-15-28/h4-11,14-19,25-27,33-37,46,52H,12-13,20-24,44-45H2,1-3H3,(H,47,56)(H,48,53)(H,49,54)(H,50,55)(H,58,59)/t26-,27-,33-,34+,35-,36-,37-/m1/s1. The molecular weight excluding hydrogens is 757 g/mol. The molecular formula is C43H56N8O8. The molecule has 3 aromatic carbocycles. The van der Waals surface area contributed by atoms with E-state index in [2.05, 4.69) is 26.3 Å². The number of hydrogen-bond donors (Lipinski definition) is 9. The molecule has 4 rings (SSSR count). The zero-order valence-corrected chi connectivity index (χ0v) is 33.6. The van der Waals surface area contributed by atoms with Gasteiger partial charge in [0, 0.05) is 43.4 Å². The number of unbranched alkanes of at least 4 members (excludes halogenated alkanes) is 1. The molecule has 59 heavy (non-hydrogen) atoms. The van der Waals surface area contributed by atoms with Crippen LogP contribution in [0.15, 0.2) is 91.1 Å². The Labute approximate surface area is 343 Å². The molecule has 5 amide bonds. The molecule has 7 atom stereocenters.